The first-order valence-electron chi connectivity index (χ1n) is 7.09. The highest BCUT2D eigenvalue weighted by atomic mass is 32.2. The van der Waals surface area contributed by atoms with Gasteiger partial charge in [-0.2, -0.15) is 0 Å². The van der Waals surface area contributed by atoms with E-state index in [0.717, 1.165) is 30.0 Å². The topological polar surface area (TPSA) is 70.5 Å². The fraction of sp³-hybridized carbons (Fsp3) is 0.643. The van der Waals surface area contributed by atoms with E-state index < -0.39 is 12.0 Å². The standard InChI is InChI=1S/C14H20N2O3S2/c1-10-15-11(8-21-10)7-20-9-13(17)16-6-4-2-3-5-12(16)14(18)19/h8,12H,2-7,9H2,1H3,(H,18,19). The molecule has 1 aliphatic rings. The summed E-state index contributed by atoms with van der Waals surface area (Å²) in [5.41, 5.74) is 0.987. The molecule has 0 aliphatic carbocycles. The number of carboxylic acid groups (broad SMARTS) is 1. The number of amides is 1. The van der Waals surface area contributed by atoms with Crippen LogP contribution in [-0.2, 0) is 15.3 Å². The molecule has 1 atom stereocenters. The summed E-state index contributed by atoms with van der Waals surface area (Å²) in [6.07, 6.45) is 3.34. The van der Waals surface area contributed by atoms with Crippen molar-refractivity contribution in [1.29, 1.82) is 0 Å². The van der Waals surface area contributed by atoms with Crippen LogP contribution in [0.5, 0.6) is 0 Å². The molecule has 1 unspecified atom stereocenters. The highest BCUT2D eigenvalue weighted by Gasteiger charge is 2.30. The molecule has 0 saturated carbocycles. The van der Waals surface area contributed by atoms with Crippen molar-refractivity contribution in [3.05, 3.63) is 16.1 Å². The van der Waals surface area contributed by atoms with Crippen molar-refractivity contribution in [2.75, 3.05) is 12.3 Å². The maximum absolute atomic E-state index is 12.3. The van der Waals surface area contributed by atoms with Crippen LogP contribution in [0, 0.1) is 6.92 Å². The molecular weight excluding hydrogens is 308 g/mol. The third-order valence-corrected chi connectivity index (χ3v) is 5.27. The van der Waals surface area contributed by atoms with Crippen molar-refractivity contribution in [2.45, 2.75) is 44.4 Å². The van der Waals surface area contributed by atoms with Gasteiger partial charge < -0.3 is 10.0 Å². The van der Waals surface area contributed by atoms with Gasteiger partial charge in [0.1, 0.15) is 6.04 Å². The van der Waals surface area contributed by atoms with Gasteiger partial charge in [-0.05, 0) is 19.8 Å². The van der Waals surface area contributed by atoms with Crippen LogP contribution in [0.3, 0.4) is 0 Å². The minimum atomic E-state index is -0.884. The molecule has 116 valence electrons. The minimum Gasteiger partial charge on any atom is -0.480 e. The first-order chi connectivity index (χ1) is 10.1. The van der Waals surface area contributed by atoms with E-state index in [2.05, 4.69) is 4.98 Å². The predicted molar refractivity (Wildman–Crippen MR) is 84.6 cm³/mol. The summed E-state index contributed by atoms with van der Waals surface area (Å²) in [5.74, 6) is 0.0637. The van der Waals surface area contributed by atoms with Gasteiger partial charge in [0.05, 0.1) is 16.5 Å². The van der Waals surface area contributed by atoms with Crippen molar-refractivity contribution in [1.82, 2.24) is 9.88 Å². The number of carbonyl (C=O) groups excluding carboxylic acids is 1. The molecule has 1 saturated heterocycles. The lowest BCUT2D eigenvalue weighted by atomic mass is 10.1. The highest BCUT2D eigenvalue weighted by molar-refractivity contribution is 7.99. The van der Waals surface area contributed by atoms with Crippen LogP contribution in [0.25, 0.3) is 0 Å². The molecule has 21 heavy (non-hydrogen) atoms. The lowest BCUT2D eigenvalue weighted by molar-refractivity contribution is -0.149. The monoisotopic (exact) mass is 328 g/mol. The Balaban J connectivity index is 1.86. The predicted octanol–water partition coefficient (Wildman–Crippen LogP) is 2.54. The molecule has 1 fully saturated rings. The number of rotatable bonds is 5. The van der Waals surface area contributed by atoms with E-state index in [4.69, 9.17) is 0 Å². The lowest BCUT2D eigenvalue weighted by Crippen LogP contribution is -2.45. The molecule has 2 rings (SSSR count). The average Bonchev–Trinajstić information content (AvgIpc) is 2.72. The quantitative estimate of drug-likeness (QED) is 0.899. The summed E-state index contributed by atoms with van der Waals surface area (Å²) in [7, 11) is 0. The Hall–Kier alpha value is -1.08. The molecule has 5 nitrogen and oxygen atoms in total. The molecule has 1 N–H and O–H groups in total. The number of nitrogens with zero attached hydrogens (tertiary/aromatic N) is 2. The van der Waals surface area contributed by atoms with Gasteiger partial charge in [0.25, 0.3) is 0 Å². The SMILES string of the molecule is Cc1nc(CSCC(=O)N2CCCCCC2C(=O)O)cs1. The zero-order valence-corrected chi connectivity index (χ0v) is 13.7. The molecule has 1 amide bonds. The van der Waals surface area contributed by atoms with Gasteiger partial charge in [0.2, 0.25) is 5.91 Å². The summed E-state index contributed by atoms with van der Waals surface area (Å²) >= 11 is 3.10. The number of aliphatic carboxylic acids is 1. The molecule has 2 heterocycles. The third-order valence-electron chi connectivity index (χ3n) is 3.50. The summed E-state index contributed by atoms with van der Waals surface area (Å²) in [5, 5.41) is 12.3. The van der Waals surface area contributed by atoms with Crippen LogP contribution < -0.4 is 0 Å². The Morgan fingerprint density at radius 2 is 2.29 bits per heavy atom. The van der Waals surface area contributed by atoms with E-state index in [-0.39, 0.29) is 5.91 Å². The Morgan fingerprint density at radius 1 is 1.48 bits per heavy atom. The van der Waals surface area contributed by atoms with E-state index in [1.165, 1.54) is 11.8 Å². The largest absolute Gasteiger partial charge is 0.480 e. The number of thiazole rings is 1. The summed E-state index contributed by atoms with van der Waals surface area (Å²) in [6, 6.07) is -0.651. The van der Waals surface area contributed by atoms with Gasteiger partial charge in [-0.15, -0.1) is 23.1 Å². The highest BCUT2D eigenvalue weighted by Crippen LogP contribution is 2.20. The van der Waals surface area contributed by atoms with Crippen molar-refractivity contribution < 1.29 is 14.7 Å². The zero-order valence-electron chi connectivity index (χ0n) is 12.1. The number of carbonyl (C=O) groups is 2. The van der Waals surface area contributed by atoms with Crippen molar-refractivity contribution >= 4 is 35.0 Å². The molecular formula is C14H20N2O3S2. The summed E-state index contributed by atoms with van der Waals surface area (Å²) in [6.45, 7) is 2.52. The Bertz CT molecular complexity index is 504. The van der Waals surface area contributed by atoms with E-state index in [0.29, 0.717) is 24.5 Å². The zero-order chi connectivity index (χ0) is 15.2. The van der Waals surface area contributed by atoms with E-state index in [1.807, 2.05) is 12.3 Å². The second-order valence-electron chi connectivity index (χ2n) is 5.14. The fourth-order valence-corrected chi connectivity index (χ4v) is 3.98. The first-order valence-corrected chi connectivity index (χ1v) is 9.12. The molecule has 7 heteroatoms. The van der Waals surface area contributed by atoms with Gasteiger partial charge in [0.15, 0.2) is 0 Å². The molecule has 1 aromatic heterocycles. The van der Waals surface area contributed by atoms with E-state index in [9.17, 15) is 14.7 Å². The number of hydrogen-bond acceptors (Lipinski definition) is 5. The molecule has 1 aliphatic heterocycles. The molecule has 0 aromatic carbocycles. The van der Waals surface area contributed by atoms with Gasteiger partial charge in [-0.3, -0.25) is 4.79 Å². The Morgan fingerprint density at radius 3 is 2.95 bits per heavy atom. The Kier molecular flexibility index (Phi) is 6.05. The number of aryl methyl sites for hydroxylation is 1. The van der Waals surface area contributed by atoms with Crippen molar-refractivity contribution in [3.8, 4) is 0 Å². The molecule has 1 aromatic rings. The first kappa shape index (κ1) is 16.3. The maximum Gasteiger partial charge on any atom is 0.326 e. The third kappa shape index (κ3) is 4.71. The van der Waals surface area contributed by atoms with Crippen LogP contribution in [0.15, 0.2) is 5.38 Å². The van der Waals surface area contributed by atoms with Gasteiger partial charge in [0, 0.05) is 17.7 Å². The summed E-state index contributed by atoms with van der Waals surface area (Å²) < 4.78 is 0. The smallest absolute Gasteiger partial charge is 0.326 e. The molecule has 0 spiro atoms. The maximum atomic E-state index is 12.3. The molecule has 0 radical (unpaired) electrons. The Labute approximate surface area is 132 Å². The number of likely N-dealkylation sites (tertiary alicyclic amines) is 1. The average molecular weight is 328 g/mol. The summed E-state index contributed by atoms with van der Waals surface area (Å²) in [4.78, 5) is 29.5. The number of hydrogen-bond donors (Lipinski definition) is 1. The molecule has 0 bridgehead atoms. The lowest BCUT2D eigenvalue weighted by Gasteiger charge is -2.26. The van der Waals surface area contributed by atoms with Crippen LogP contribution >= 0.6 is 23.1 Å². The minimum absolute atomic E-state index is 0.0683. The van der Waals surface area contributed by atoms with Crippen molar-refractivity contribution in [3.63, 3.8) is 0 Å². The van der Waals surface area contributed by atoms with Crippen LogP contribution in [0.4, 0.5) is 0 Å². The van der Waals surface area contributed by atoms with E-state index >= 15 is 0 Å². The van der Waals surface area contributed by atoms with Crippen molar-refractivity contribution in [2.24, 2.45) is 0 Å². The normalized spacial score (nSPS) is 19.3. The van der Waals surface area contributed by atoms with Gasteiger partial charge in [-0.25, -0.2) is 9.78 Å². The second kappa shape index (κ2) is 7.79. The fourth-order valence-electron chi connectivity index (χ4n) is 2.46. The van der Waals surface area contributed by atoms with Crippen LogP contribution in [-0.4, -0.2) is 45.2 Å². The van der Waals surface area contributed by atoms with Crippen LogP contribution in [0.1, 0.15) is 36.4 Å². The number of aromatic nitrogens is 1. The van der Waals surface area contributed by atoms with Gasteiger partial charge >= 0.3 is 5.97 Å². The van der Waals surface area contributed by atoms with Crippen LogP contribution in [0.2, 0.25) is 0 Å². The van der Waals surface area contributed by atoms with Gasteiger partial charge in [-0.1, -0.05) is 12.8 Å². The number of carboxylic acids is 1. The van der Waals surface area contributed by atoms with E-state index in [1.54, 1.807) is 16.2 Å². The second-order valence-corrected chi connectivity index (χ2v) is 7.19. The number of thioether (sulfide) groups is 1.